The Morgan fingerprint density at radius 2 is 2.17 bits per heavy atom. The molecule has 24 heavy (non-hydrogen) atoms. The Balaban J connectivity index is 1.50. The third kappa shape index (κ3) is 4.16. The second-order valence-corrected chi connectivity index (χ2v) is 5.98. The maximum absolute atomic E-state index is 10.6. The Morgan fingerprint density at radius 3 is 2.83 bits per heavy atom. The summed E-state index contributed by atoms with van der Waals surface area (Å²) in [5.74, 6) is 0. The minimum absolute atomic E-state index is 0.0711. The maximum atomic E-state index is 10.6. The van der Waals surface area contributed by atoms with Crippen LogP contribution in [0.25, 0.3) is 0 Å². The van der Waals surface area contributed by atoms with E-state index in [0.717, 1.165) is 12.1 Å². The number of ether oxygens (including phenoxy) is 1. The minimum Gasteiger partial charge on any atom is -0.392 e. The first-order valence-corrected chi connectivity index (χ1v) is 7.81. The van der Waals surface area contributed by atoms with Crippen molar-refractivity contribution in [2.75, 3.05) is 13.3 Å². The number of aromatic nitrogens is 2. The molecular weight excluding hydrogens is 312 g/mol. The molecule has 0 aliphatic carbocycles. The summed E-state index contributed by atoms with van der Waals surface area (Å²) in [5, 5.41) is 20.5. The summed E-state index contributed by atoms with van der Waals surface area (Å²) in [6, 6.07) is 6.53. The van der Waals surface area contributed by atoms with Gasteiger partial charge in [0.05, 0.1) is 30.7 Å². The summed E-state index contributed by atoms with van der Waals surface area (Å²) >= 11 is 0. The van der Waals surface area contributed by atoms with E-state index in [9.17, 15) is 15.2 Å². The van der Waals surface area contributed by atoms with Gasteiger partial charge in [0.2, 0.25) is 0 Å². The van der Waals surface area contributed by atoms with Gasteiger partial charge in [-0.3, -0.25) is 15.0 Å². The van der Waals surface area contributed by atoms with Crippen LogP contribution in [0.4, 0.5) is 5.69 Å². The predicted molar refractivity (Wildman–Crippen MR) is 86.1 cm³/mol. The standard InChI is InChI=1S/C16H20N4O4/c21-16-7-15(8-18-6-5-17-11-18)19(9-16)12-24-10-13-1-3-14(4-2-13)20(22)23/h1-6,11,15-16,21H,7-10,12H2/t15-,16+/m0/s1. The Bertz CT molecular complexity index is 659. The molecule has 2 atom stereocenters. The highest BCUT2D eigenvalue weighted by atomic mass is 16.6. The van der Waals surface area contributed by atoms with E-state index in [0.29, 0.717) is 26.3 Å². The normalized spacial score (nSPS) is 21.2. The number of non-ortho nitro benzene ring substituents is 1. The fourth-order valence-electron chi connectivity index (χ4n) is 2.94. The van der Waals surface area contributed by atoms with Crippen molar-refractivity contribution >= 4 is 5.69 Å². The molecule has 0 unspecified atom stereocenters. The van der Waals surface area contributed by atoms with Crippen LogP contribution in [-0.4, -0.2) is 49.9 Å². The molecule has 1 saturated heterocycles. The molecule has 8 nitrogen and oxygen atoms in total. The molecule has 2 heterocycles. The summed E-state index contributed by atoms with van der Waals surface area (Å²) in [4.78, 5) is 16.4. The van der Waals surface area contributed by atoms with Crippen molar-refractivity contribution in [1.29, 1.82) is 0 Å². The van der Waals surface area contributed by atoms with Gasteiger partial charge >= 0.3 is 0 Å². The highest BCUT2D eigenvalue weighted by Gasteiger charge is 2.30. The van der Waals surface area contributed by atoms with E-state index in [1.165, 1.54) is 12.1 Å². The fraction of sp³-hybridized carbons (Fsp3) is 0.438. The van der Waals surface area contributed by atoms with Gasteiger partial charge in [0, 0.05) is 43.7 Å². The second-order valence-electron chi connectivity index (χ2n) is 5.98. The highest BCUT2D eigenvalue weighted by Crippen LogP contribution is 2.20. The Labute approximate surface area is 139 Å². The highest BCUT2D eigenvalue weighted by molar-refractivity contribution is 5.32. The van der Waals surface area contributed by atoms with Crippen molar-refractivity contribution in [3.8, 4) is 0 Å². The third-order valence-electron chi connectivity index (χ3n) is 4.16. The maximum Gasteiger partial charge on any atom is 0.269 e. The summed E-state index contributed by atoms with van der Waals surface area (Å²) < 4.78 is 7.71. The van der Waals surface area contributed by atoms with Crippen LogP contribution in [0.15, 0.2) is 43.0 Å². The molecular formula is C16H20N4O4. The number of aliphatic hydroxyl groups is 1. The smallest absolute Gasteiger partial charge is 0.269 e. The van der Waals surface area contributed by atoms with Gasteiger partial charge in [-0.15, -0.1) is 0 Å². The third-order valence-corrected chi connectivity index (χ3v) is 4.16. The van der Waals surface area contributed by atoms with Gasteiger partial charge in [-0.2, -0.15) is 0 Å². The van der Waals surface area contributed by atoms with E-state index in [2.05, 4.69) is 9.88 Å². The molecule has 0 bridgehead atoms. The first-order chi connectivity index (χ1) is 11.6. The lowest BCUT2D eigenvalue weighted by atomic mass is 10.2. The number of benzene rings is 1. The predicted octanol–water partition coefficient (Wildman–Crippen LogP) is 1.40. The van der Waals surface area contributed by atoms with Crippen LogP contribution in [0.3, 0.4) is 0 Å². The molecule has 1 fully saturated rings. The van der Waals surface area contributed by atoms with Crippen molar-refractivity contribution in [2.24, 2.45) is 0 Å². The average Bonchev–Trinajstić information content (AvgIpc) is 3.18. The second kappa shape index (κ2) is 7.52. The molecule has 0 amide bonds. The molecule has 1 aromatic heterocycles. The van der Waals surface area contributed by atoms with E-state index in [4.69, 9.17) is 4.74 Å². The molecule has 0 saturated carbocycles. The zero-order chi connectivity index (χ0) is 16.9. The molecule has 1 N–H and O–H groups in total. The molecule has 128 valence electrons. The lowest BCUT2D eigenvalue weighted by Gasteiger charge is -2.24. The Morgan fingerprint density at radius 1 is 1.38 bits per heavy atom. The largest absolute Gasteiger partial charge is 0.392 e. The number of hydrogen-bond donors (Lipinski definition) is 1. The molecule has 0 radical (unpaired) electrons. The van der Waals surface area contributed by atoms with Crippen molar-refractivity contribution in [3.63, 3.8) is 0 Å². The van der Waals surface area contributed by atoms with Gasteiger partial charge < -0.3 is 14.4 Å². The molecule has 3 rings (SSSR count). The van der Waals surface area contributed by atoms with E-state index in [1.807, 2.05) is 10.8 Å². The van der Waals surface area contributed by atoms with E-state index < -0.39 is 4.92 Å². The van der Waals surface area contributed by atoms with Gasteiger partial charge in [-0.05, 0) is 24.1 Å². The van der Waals surface area contributed by atoms with Gasteiger partial charge in [0.25, 0.3) is 5.69 Å². The number of likely N-dealkylation sites (tertiary alicyclic amines) is 1. The Kier molecular flexibility index (Phi) is 5.19. The van der Waals surface area contributed by atoms with Crippen LogP contribution in [0.2, 0.25) is 0 Å². The summed E-state index contributed by atoms with van der Waals surface area (Å²) in [7, 11) is 0. The average molecular weight is 332 g/mol. The number of rotatable bonds is 7. The van der Waals surface area contributed by atoms with Gasteiger partial charge in [0.1, 0.15) is 0 Å². The lowest BCUT2D eigenvalue weighted by Crippen LogP contribution is -2.34. The lowest BCUT2D eigenvalue weighted by molar-refractivity contribution is -0.384. The molecule has 1 aromatic carbocycles. The van der Waals surface area contributed by atoms with Crippen LogP contribution in [0, 0.1) is 10.1 Å². The van der Waals surface area contributed by atoms with Crippen LogP contribution in [0.5, 0.6) is 0 Å². The monoisotopic (exact) mass is 332 g/mol. The number of β-amino-alcohol motifs (C(OH)–C–C–N with tert-alkyl or cyclic N) is 1. The van der Waals surface area contributed by atoms with Crippen LogP contribution < -0.4 is 0 Å². The summed E-state index contributed by atoms with van der Waals surface area (Å²) in [5.41, 5.74) is 0.952. The number of nitro benzene ring substituents is 1. The van der Waals surface area contributed by atoms with Crippen molar-refractivity contribution in [1.82, 2.24) is 14.5 Å². The quantitative estimate of drug-likeness (QED) is 0.608. The molecule has 1 aliphatic rings. The molecule has 2 aromatic rings. The van der Waals surface area contributed by atoms with Gasteiger partial charge in [-0.1, -0.05) is 0 Å². The topological polar surface area (TPSA) is 93.7 Å². The van der Waals surface area contributed by atoms with Crippen LogP contribution in [0.1, 0.15) is 12.0 Å². The Hall–Kier alpha value is -2.29. The van der Waals surface area contributed by atoms with Crippen LogP contribution in [-0.2, 0) is 17.9 Å². The van der Waals surface area contributed by atoms with Gasteiger partial charge in [0.15, 0.2) is 0 Å². The van der Waals surface area contributed by atoms with E-state index in [1.54, 1.807) is 24.7 Å². The minimum atomic E-state index is -0.420. The van der Waals surface area contributed by atoms with Gasteiger partial charge in [-0.25, -0.2) is 4.98 Å². The fourth-order valence-corrected chi connectivity index (χ4v) is 2.94. The molecule has 0 spiro atoms. The van der Waals surface area contributed by atoms with Crippen molar-refractivity contribution < 1.29 is 14.8 Å². The van der Waals surface area contributed by atoms with Crippen LogP contribution >= 0.6 is 0 Å². The number of imidazole rings is 1. The van der Waals surface area contributed by atoms with Crippen molar-refractivity contribution in [2.45, 2.75) is 31.7 Å². The molecule has 1 aliphatic heterocycles. The zero-order valence-corrected chi connectivity index (χ0v) is 13.2. The SMILES string of the molecule is O=[N+]([O-])c1ccc(COCN2C[C@H](O)C[C@H]2Cn2ccnc2)cc1. The summed E-state index contributed by atoms with van der Waals surface area (Å²) in [6.45, 7) is 2.13. The number of nitrogens with zero attached hydrogens (tertiary/aromatic N) is 4. The summed E-state index contributed by atoms with van der Waals surface area (Å²) in [6.07, 6.45) is 5.77. The number of nitro groups is 1. The number of aliphatic hydroxyl groups excluding tert-OH is 1. The van der Waals surface area contributed by atoms with E-state index in [-0.39, 0.29) is 17.8 Å². The van der Waals surface area contributed by atoms with Crippen molar-refractivity contribution in [3.05, 3.63) is 58.7 Å². The molecule has 8 heteroatoms. The van der Waals surface area contributed by atoms with E-state index >= 15 is 0 Å². The zero-order valence-electron chi connectivity index (χ0n) is 13.2. The first-order valence-electron chi connectivity index (χ1n) is 7.81. The number of hydrogen-bond acceptors (Lipinski definition) is 6. The first kappa shape index (κ1) is 16.6.